The summed E-state index contributed by atoms with van der Waals surface area (Å²) in [4.78, 5) is 14.5. The van der Waals surface area contributed by atoms with Gasteiger partial charge in [-0.1, -0.05) is 12.8 Å². The highest BCUT2D eigenvalue weighted by atomic mass is 16.5. The van der Waals surface area contributed by atoms with Crippen LogP contribution in [0.3, 0.4) is 0 Å². The third-order valence-corrected chi connectivity index (χ3v) is 4.76. The molecule has 1 rings (SSSR count). The molecule has 0 spiro atoms. The van der Waals surface area contributed by atoms with E-state index in [4.69, 9.17) is 14.9 Å². The Morgan fingerprint density at radius 3 is 2.30 bits per heavy atom. The van der Waals surface area contributed by atoms with Crippen molar-refractivity contribution in [2.24, 2.45) is 0 Å². The summed E-state index contributed by atoms with van der Waals surface area (Å²) in [5.74, 6) is 0. The zero-order valence-corrected chi connectivity index (χ0v) is 14.7. The van der Waals surface area contributed by atoms with Crippen molar-refractivity contribution in [3.8, 4) is 0 Å². The molecule has 1 saturated carbocycles. The van der Waals surface area contributed by atoms with E-state index in [0.717, 1.165) is 51.8 Å². The van der Waals surface area contributed by atoms with E-state index in [1.165, 1.54) is 24.2 Å². The van der Waals surface area contributed by atoms with Crippen LogP contribution < -0.4 is 0 Å². The molecule has 0 radical (unpaired) electrons. The summed E-state index contributed by atoms with van der Waals surface area (Å²) in [5, 5.41) is 17.8. The first-order valence-corrected chi connectivity index (χ1v) is 8.91. The first-order valence-electron chi connectivity index (χ1n) is 8.91. The maximum absolute atomic E-state index is 10.9. The number of amides is 1. The van der Waals surface area contributed by atoms with E-state index in [1.54, 1.807) is 7.05 Å². The number of hydrogen-bond acceptors (Lipinski definition) is 4. The molecule has 0 heterocycles. The lowest BCUT2D eigenvalue weighted by Gasteiger charge is -2.33. The number of carbonyl (C=O) groups is 1. The Bertz CT molecular complexity index is 320. The Labute approximate surface area is 140 Å². The van der Waals surface area contributed by atoms with E-state index in [0.29, 0.717) is 6.10 Å². The molecule has 0 unspecified atom stereocenters. The predicted octanol–water partition coefficient (Wildman–Crippen LogP) is 2.41. The fourth-order valence-corrected chi connectivity index (χ4v) is 3.13. The van der Waals surface area contributed by atoms with Crippen molar-refractivity contribution in [1.29, 1.82) is 0 Å². The van der Waals surface area contributed by atoms with Crippen molar-refractivity contribution < 1.29 is 19.7 Å². The first kappa shape index (κ1) is 20.2. The number of rotatable bonds is 11. The number of aliphatic hydroxyl groups is 1. The zero-order valence-electron chi connectivity index (χ0n) is 14.7. The molecule has 1 aliphatic rings. The molecule has 1 aliphatic carbocycles. The van der Waals surface area contributed by atoms with Crippen molar-refractivity contribution in [3.05, 3.63) is 0 Å². The van der Waals surface area contributed by atoms with Crippen LogP contribution in [0.1, 0.15) is 51.4 Å². The predicted molar refractivity (Wildman–Crippen MR) is 90.8 cm³/mol. The minimum absolute atomic E-state index is 0.156. The first-order chi connectivity index (χ1) is 11.0. The Hall–Kier alpha value is -0.850. The molecule has 0 aliphatic heterocycles. The molecule has 23 heavy (non-hydrogen) atoms. The fourth-order valence-electron chi connectivity index (χ4n) is 3.13. The number of carboxylic acid groups (broad SMARTS) is 1. The van der Waals surface area contributed by atoms with Crippen LogP contribution in [0.15, 0.2) is 0 Å². The van der Waals surface area contributed by atoms with Crippen LogP contribution >= 0.6 is 0 Å². The van der Waals surface area contributed by atoms with Gasteiger partial charge in [0.05, 0.1) is 12.7 Å². The molecule has 0 atom stereocenters. The molecular weight excluding hydrogens is 296 g/mol. The number of ether oxygens (including phenoxy) is 1. The van der Waals surface area contributed by atoms with Crippen LogP contribution in [0.4, 0.5) is 4.79 Å². The van der Waals surface area contributed by atoms with E-state index in [9.17, 15) is 4.79 Å². The summed E-state index contributed by atoms with van der Waals surface area (Å²) in [6.45, 7) is 2.84. The molecular formula is C17H34N2O4. The number of aliphatic hydroxyl groups excluding tert-OH is 1. The fraction of sp³-hybridized carbons (Fsp3) is 0.941. The average molecular weight is 330 g/mol. The summed E-state index contributed by atoms with van der Waals surface area (Å²) in [7, 11) is 3.70. The Morgan fingerprint density at radius 1 is 1.04 bits per heavy atom. The van der Waals surface area contributed by atoms with Gasteiger partial charge in [-0.3, -0.25) is 0 Å². The van der Waals surface area contributed by atoms with Crippen LogP contribution in [-0.2, 0) is 4.74 Å². The van der Waals surface area contributed by atoms with Crippen LogP contribution in [0.2, 0.25) is 0 Å². The maximum atomic E-state index is 10.9. The summed E-state index contributed by atoms with van der Waals surface area (Å²) >= 11 is 0. The smallest absolute Gasteiger partial charge is 0.407 e. The molecule has 0 aromatic rings. The van der Waals surface area contributed by atoms with E-state index in [2.05, 4.69) is 4.90 Å². The van der Waals surface area contributed by atoms with Crippen LogP contribution in [0, 0.1) is 0 Å². The normalized spacial score (nSPS) is 21.6. The molecule has 0 aromatic heterocycles. The molecule has 1 fully saturated rings. The zero-order chi connectivity index (χ0) is 17.1. The molecule has 0 aromatic carbocycles. The minimum atomic E-state index is -0.834. The Kier molecular flexibility index (Phi) is 10.2. The number of unbranched alkanes of at least 4 members (excludes halogenated alkanes) is 3. The standard InChI is InChI=1S/C17H34N2O4/c1-18(12-13-20)11-5-3-4-6-14-23-16-9-7-15(8-10-16)19(2)17(21)22/h15-16,20H,3-14H2,1-2H3,(H,21,22). The summed E-state index contributed by atoms with van der Waals surface area (Å²) < 4.78 is 5.93. The van der Waals surface area contributed by atoms with Gasteiger partial charge in [0.2, 0.25) is 0 Å². The highest BCUT2D eigenvalue weighted by Crippen LogP contribution is 2.24. The van der Waals surface area contributed by atoms with Gasteiger partial charge in [-0.25, -0.2) is 4.79 Å². The second-order valence-electron chi connectivity index (χ2n) is 6.64. The van der Waals surface area contributed by atoms with Crippen molar-refractivity contribution >= 4 is 6.09 Å². The molecule has 6 heteroatoms. The van der Waals surface area contributed by atoms with Gasteiger partial charge in [0.25, 0.3) is 0 Å². The lowest BCUT2D eigenvalue weighted by molar-refractivity contribution is 0.00994. The third kappa shape index (κ3) is 8.53. The molecule has 0 saturated heterocycles. The van der Waals surface area contributed by atoms with Crippen molar-refractivity contribution in [1.82, 2.24) is 9.80 Å². The highest BCUT2D eigenvalue weighted by Gasteiger charge is 2.26. The summed E-state index contributed by atoms with van der Waals surface area (Å²) in [5.41, 5.74) is 0. The van der Waals surface area contributed by atoms with E-state index in [1.807, 2.05) is 7.05 Å². The highest BCUT2D eigenvalue weighted by molar-refractivity contribution is 5.64. The summed E-state index contributed by atoms with van der Waals surface area (Å²) in [6, 6.07) is 0.156. The number of hydrogen-bond donors (Lipinski definition) is 2. The van der Waals surface area contributed by atoms with Gasteiger partial charge >= 0.3 is 6.09 Å². The topological polar surface area (TPSA) is 73.2 Å². The van der Waals surface area contributed by atoms with Gasteiger partial charge in [0.1, 0.15) is 0 Å². The number of likely N-dealkylation sites (N-methyl/N-ethyl adjacent to an activating group) is 1. The van der Waals surface area contributed by atoms with E-state index in [-0.39, 0.29) is 12.6 Å². The van der Waals surface area contributed by atoms with Crippen LogP contribution in [-0.4, -0.2) is 78.7 Å². The number of nitrogens with zero attached hydrogens (tertiary/aromatic N) is 2. The van der Waals surface area contributed by atoms with Gasteiger partial charge in [-0.2, -0.15) is 0 Å². The van der Waals surface area contributed by atoms with Gasteiger partial charge in [0.15, 0.2) is 0 Å². The SMILES string of the molecule is CN(CCO)CCCCCCOC1CCC(N(C)C(=O)O)CC1. The van der Waals surface area contributed by atoms with E-state index < -0.39 is 6.09 Å². The lowest BCUT2D eigenvalue weighted by atomic mass is 9.92. The van der Waals surface area contributed by atoms with Gasteiger partial charge in [-0.05, 0) is 52.1 Å². The molecule has 1 amide bonds. The maximum Gasteiger partial charge on any atom is 0.407 e. The second kappa shape index (κ2) is 11.6. The summed E-state index contributed by atoms with van der Waals surface area (Å²) in [6.07, 6.45) is 7.88. The molecule has 136 valence electrons. The molecule has 0 bridgehead atoms. The van der Waals surface area contributed by atoms with Gasteiger partial charge in [-0.15, -0.1) is 0 Å². The molecule has 2 N–H and O–H groups in total. The largest absolute Gasteiger partial charge is 0.465 e. The average Bonchev–Trinajstić information content (AvgIpc) is 2.54. The quantitative estimate of drug-likeness (QED) is 0.569. The van der Waals surface area contributed by atoms with Gasteiger partial charge < -0.3 is 24.7 Å². The third-order valence-electron chi connectivity index (χ3n) is 4.76. The lowest BCUT2D eigenvalue weighted by Crippen LogP contribution is -2.39. The van der Waals surface area contributed by atoms with Crippen LogP contribution in [0.25, 0.3) is 0 Å². The Balaban J connectivity index is 1.96. The molecule has 6 nitrogen and oxygen atoms in total. The van der Waals surface area contributed by atoms with E-state index >= 15 is 0 Å². The van der Waals surface area contributed by atoms with Gasteiger partial charge in [0, 0.05) is 26.2 Å². The van der Waals surface area contributed by atoms with Crippen molar-refractivity contribution in [3.63, 3.8) is 0 Å². The van der Waals surface area contributed by atoms with Crippen molar-refractivity contribution in [2.45, 2.75) is 63.5 Å². The Morgan fingerprint density at radius 2 is 1.70 bits per heavy atom. The monoisotopic (exact) mass is 330 g/mol. The van der Waals surface area contributed by atoms with Crippen molar-refractivity contribution in [2.75, 3.05) is 40.4 Å². The second-order valence-corrected chi connectivity index (χ2v) is 6.64. The van der Waals surface area contributed by atoms with Crippen LogP contribution in [0.5, 0.6) is 0 Å². The minimum Gasteiger partial charge on any atom is -0.465 e.